The minimum absolute atomic E-state index is 0.208. The fraction of sp³-hybridized carbons (Fsp3) is 0.174. The molecule has 0 aliphatic rings. The summed E-state index contributed by atoms with van der Waals surface area (Å²) in [5, 5.41) is 2.88. The lowest BCUT2D eigenvalue weighted by atomic mass is 10.1. The third-order valence-electron chi connectivity index (χ3n) is 4.66. The minimum atomic E-state index is -0.339. The molecule has 1 N–H and O–H groups in total. The van der Waals surface area contributed by atoms with Gasteiger partial charge in [-0.1, -0.05) is 48.5 Å². The number of aromatic nitrogens is 1. The fourth-order valence-corrected chi connectivity index (χ4v) is 2.88. The highest BCUT2D eigenvalue weighted by Gasteiger charge is 2.16. The van der Waals surface area contributed by atoms with Crippen LogP contribution in [0.15, 0.2) is 66.7 Å². The van der Waals surface area contributed by atoms with Gasteiger partial charge in [-0.15, -0.1) is 0 Å². The lowest BCUT2D eigenvalue weighted by Gasteiger charge is -2.17. The van der Waals surface area contributed by atoms with Gasteiger partial charge < -0.3 is 10.2 Å². The third-order valence-corrected chi connectivity index (χ3v) is 4.66. The molecule has 0 saturated heterocycles. The van der Waals surface area contributed by atoms with Crippen LogP contribution in [0.2, 0.25) is 0 Å². The van der Waals surface area contributed by atoms with Gasteiger partial charge in [-0.3, -0.25) is 9.59 Å². The summed E-state index contributed by atoms with van der Waals surface area (Å²) in [5.41, 5.74) is 4.32. The van der Waals surface area contributed by atoms with E-state index in [1.165, 1.54) is 0 Å². The quantitative estimate of drug-likeness (QED) is 0.728. The van der Waals surface area contributed by atoms with Gasteiger partial charge >= 0.3 is 0 Å². The number of carbonyl (C=O) groups is 2. The average molecular weight is 373 g/mol. The van der Waals surface area contributed by atoms with Crippen molar-refractivity contribution in [2.45, 2.75) is 20.4 Å². The van der Waals surface area contributed by atoms with E-state index in [2.05, 4.69) is 10.3 Å². The summed E-state index contributed by atoms with van der Waals surface area (Å²) in [6, 6.07) is 20.4. The van der Waals surface area contributed by atoms with Gasteiger partial charge in [-0.25, -0.2) is 4.98 Å². The first-order valence-corrected chi connectivity index (χ1v) is 9.09. The van der Waals surface area contributed by atoms with Crippen LogP contribution in [0.3, 0.4) is 0 Å². The zero-order valence-electron chi connectivity index (χ0n) is 16.3. The summed E-state index contributed by atoms with van der Waals surface area (Å²) in [5.74, 6) is -0.570. The number of pyridine rings is 1. The van der Waals surface area contributed by atoms with E-state index in [-0.39, 0.29) is 23.2 Å². The van der Waals surface area contributed by atoms with Crippen LogP contribution in [0, 0.1) is 13.8 Å². The second-order valence-electron chi connectivity index (χ2n) is 6.76. The number of nitrogens with one attached hydrogen (secondary N) is 1. The Morgan fingerprint density at radius 3 is 2.32 bits per heavy atom. The summed E-state index contributed by atoms with van der Waals surface area (Å²) in [7, 11) is 1.72. The average Bonchev–Trinajstić information content (AvgIpc) is 2.71. The van der Waals surface area contributed by atoms with Crippen molar-refractivity contribution >= 4 is 17.5 Å². The molecule has 0 saturated carbocycles. The van der Waals surface area contributed by atoms with E-state index in [1.54, 1.807) is 30.1 Å². The van der Waals surface area contributed by atoms with Crippen LogP contribution >= 0.6 is 0 Å². The standard InChI is InChI=1S/C23H23N3O2/c1-16-9-7-12-19(17(16)2)25-22(27)20-13-8-14-21(24-20)23(28)26(3)15-18-10-5-4-6-11-18/h4-14H,15H2,1-3H3,(H,25,27). The highest BCUT2D eigenvalue weighted by Crippen LogP contribution is 2.18. The molecule has 0 aliphatic heterocycles. The number of aryl methyl sites for hydroxylation is 1. The Labute approximate surface area is 165 Å². The molecule has 1 heterocycles. The number of hydrogen-bond acceptors (Lipinski definition) is 3. The number of rotatable bonds is 5. The van der Waals surface area contributed by atoms with Crippen molar-refractivity contribution in [3.63, 3.8) is 0 Å². The monoisotopic (exact) mass is 373 g/mol. The molecule has 2 aromatic carbocycles. The predicted octanol–water partition coefficient (Wildman–Crippen LogP) is 4.22. The van der Waals surface area contributed by atoms with E-state index in [9.17, 15) is 9.59 Å². The molecule has 3 rings (SSSR count). The molecule has 0 atom stereocenters. The number of benzene rings is 2. The zero-order chi connectivity index (χ0) is 20.1. The number of amides is 2. The molecular formula is C23H23N3O2. The Hall–Kier alpha value is -3.47. The van der Waals surface area contributed by atoms with Gasteiger partial charge in [0.2, 0.25) is 0 Å². The maximum Gasteiger partial charge on any atom is 0.274 e. The van der Waals surface area contributed by atoms with Crippen LogP contribution in [-0.4, -0.2) is 28.7 Å². The van der Waals surface area contributed by atoms with Gasteiger partial charge in [0.1, 0.15) is 11.4 Å². The molecule has 5 nitrogen and oxygen atoms in total. The number of hydrogen-bond donors (Lipinski definition) is 1. The molecule has 5 heteroatoms. The van der Waals surface area contributed by atoms with Crippen LogP contribution in [0.5, 0.6) is 0 Å². The molecule has 0 spiro atoms. The highest BCUT2D eigenvalue weighted by atomic mass is 16.2. The van der Waals surface area contributed by atoms with Gasteiger partial charge in [0.25, 0.3) is 11.8 Å². The maximum atomic E-state index is 12.7. The molecule has 0 fully saturated rings. The first-order valence-electron chi connectivity index (χ1n) is 9.09. The molecule has 2 amide bonds. The van der Waals surface area contributed by atoms with E-state index < -0.39 is 0 Å². The summed E-state index contributed by atoms with van der Waals surface area (Å²) >= 11 is 0. The molecule has 3 aromatic rings. The minimum Gasteiger partial charge on any atom is -0.336 e. The van der Waals surface area contributed by atoms with Crippen molar-refractivity contribution < 1.29 is 9.59 Å². The van der Waals surface area contributed by atoms with E-state index in [4.69, 9.17) is 0 Å². The Bertz CT molecular complexity index is 1000. The van der Waals surface area contributed by atoms with E-state index >= 15 is 0 Å². The second kappa shape index (κ2) is 8.48. The fourth-order valence-electron chi connectivity index (χ4n) is 2.88. The smallest absolute Gasteiger partial charge is 0.274 e. The van der Waals surface area contributed by atoms with Crippen molar-refractivity contribution in [1.29, 1.82) is 0 Å². The Morgan fingerprint density at radius 2 is 1.57 bits per heavy atom. The van der Waals surface area contributed by atoms with Gasteiger partial charge in [0.15, 0.2) is 0 Å². The topological polar surface area (TPSA) is 62.3 Å². The van der Waals surface area contributed by atoms with Crippen LogP contribution < -0.4 is 5.32 Å². The predicted molar refractivity (Wildman–Crippen MR) is 110 cm³/mol. The van der Waals surface area contributed by atoms with Gasteiger partial charge in [0.05, 0.1) is 0 Å². The molecule has 0 unspecified atom stereocenters. The van der Waals surface area contributed by atoms with Gasteiger partial charge in [-0.05, 0) is 48.7 Å². The number of carbonyl (C=O) groups excluding carboxylic acids is 2. The summed E-state index contributed by atoms with van der Waals surface area (Å²) in [4.78, 5) is 31.2. The van der Waals surface area contributed by atoms with Crippen LogP contribution in [0.4, 0.5) is 5.69 Å². The zero-order valence-corrected chi connectivity index (χ0v) is 16.3. The largest absolute Gasteiger partial charge is 0.336 e. The Kier molecular flexibility index (Phi) is 5.84. The summed E-state index contributed by atoms with van der Waals surface area (Å²) in [6.45, 7) is 4.42. The lowest BCUT2D eigenvalue weighted by Crippen LogP contribution is -2.27. The van der Waals surface area contributed by atoms with Crippen LogP contribution in [-0.2, 0) is 6.54 Å². The molecule has 142 valence electrons. The molecule has 0 bridgehead atoms. The van der Waals surface area contributed by atoms with Crippen molar-refractivity contribution in [3.8, 4) is 0 Å². The highest BCUT2D eigenvalue weighted by molar-refractivity contribution is 6.04. The van der Waals surface area contributed by atoms with Crippen LogP contribution in [0.25, 0.3) is 0 Å². The Balaban J connectivity index is 1.75. The van der Waals surface area contributed by atoms with Crippen molar-refractivity contribution in [2.75, 3.05) is 12.4 Å². The van der Waals surface area contributed by atoms with Crippen LogP contribution in [0.1, 0.15) is 37.7 Å². The molecule has 0 radical (unpaired) electrons. The van der Waals surface area contributed by atoms with Crippen molar-refractivity contribution in [3.05, 3.63) is 94.8 Å². The van der Waals surface area contributed by atoms with E-state index in [0.29, 0.717) is 6.54 Å². The first-order chi connectivity index (χ1) is 13.5. The second-order valence-corrected chi connectivity index (χ2v) is 6.76. The van der Waals surface area contributed by atoms with Gasteiger partial charge in [0, 0.05) is 19.3 Å². The lowest BCUT2D eigenvalue weighted by molar-refractivity contribution is 0.0779. The summed E-state index contributed by atoms with van der Waals surface area (Å²) < 4.78 is 0. The molecule has 28 heavy (non-hydrogen) atoms. The molecule has 1 aromatic heterocycles. The normalized spacial score (nSPS) is 10.4. The van der Waals surface area contributed by atoms with Crippen molar-refractivity contribution in [1.82, 2.24) is 9.88 Å². The maximum absolute atomic E-state index is 12.7. The number of nitrogens with zero attached hydrogens (tertiary/aromatic N) is 2. The van der Waals surface area contributed by atoms with Gasteiger partial charge in [-0.2, -0.15) is 0 Å². The molecule has 0 aliphatic carbocycles. The Morgan fingerprint density at radius 1 is 0.893 bits per heavy atom. The third kappa shape index (κ3) is 4.43. The number of anilines is 1. The SMILES string of the molecule is Cc1cccc(NC(=O)c2cccc(C(=O)N(C)Cc3ccccc3)n2)c1C. The van der Waals surface area contributed by atoms with E-state index in [1.807, 2.05) is 62.4 Å². The van der Waals surface area contributed by atoms with Crippen molar-refractivity contribution in [2.24, 2.45) is 0 Å². The first kappa shape index (κ1) is 19.3. The van der Waals surface area contributed by atoms with E-state index in [0.717, 1.165) is 22.4 Å². The molecular weight excluding hydrogens is 350 g/mol. The summed E-state index contributed by atoms with van der Waals surface area (Å²) in [6.07, 6.45) is 0.